The fourth-order valence-corrected chi connectivity index (χ4v) is 2.94. The molecule has 3 aromatic carbocycles. The monoisotopic (exact) mass is 383 g/mol. The Labute approximate surface area is 167 Å². The number of anilines is 2. The second kappa shape index (κ2) is 7.90. The Morgan fingerprint density at radius 3 is 1.93 bits per heavy atom. The predicted molar refractivity (Wildman–Crippen MR) is 115 cm³/mol. The van der Waals surface area contributed by atoms with E-state index in [1.54, 1.807) is 12.1 Å². The van der Waals surface area contributed by atoms with E-state index in [0.717, 1.165) is 27.8 Å². The first-order valence-corrected chi connectivity index (χ1v) is 8.98. The van der Waals surface area contributed by atoms with Crippen molar-refractivity contribution in [3.05, 3.63) is 89.7 Å². The van der Waals surface area contributed by atoms with E-state index in [2.05, 4.69) is 21.0 Å². The van der Waals surface area contributed by atoms with E-state index in [1.807, 2.05) is 54.6 Å². The van der Waals surface area contributed by atoms with Crippen LogP contribution in [0, 0.1) is 5.82 Å². The molecule has 6 heteroatoms. The summed E-state index contributed by atoms with van der Waals surface area (Å²) in [5.41, 5.74) is 16.1. The van der Waals surface area contributed by atoms with Crippen molar-refractivity contribution in [1.29, 1.82) is 0 Å². The molecular weight excluding hydrogens is 365 g/mol. The summed E-state index contributed by atoms with van der Waals surface area (Å²) in [5.74, 6) is 0.392. The molecule has 4 N–H and O–H groups in total. The molecule has 0 saturated carbocycles. The number of nitrogen functional groups attached to an aromatic ring is 2. The van der Waals surface area contributed by atoms with Crippen molar-refractivity contribution in [3.63, 3.8) is 0 Å². The highest BCUT2D eigenvalue weighted by Crippen LogP contribution is 2.22. The quantitative estimate of drug-likeness (QED) is 0.499. The SMILES string of the molecule is Nc1nc(N)nc(-c2ccc(/C=C/c3cccc(-c4ccc(F)cc4)c3)cc2)n1. The molecule has 0 saturated heterocycles. The number of aromatic nitrogens is 3. The van der Waals surface area contributed by atoms with Crippen LogP contribution in [-0.4, -0.2) is 15.0 Å². The molecule has 0 aliphatic carbocycles. The zero-order valence-electron chi connectivity index (χ0n) is 15.5. The average molecular weight is 383 g/mol. The molecule has 0 radical (unpaired) electrons. The van der Waals surface area contributed by atoms with Crippen LogP contribution < -0.4 is 11.5 Å². The van der Waals surface area contributed by atoms with Gasteiger partial charge in [-0.15, -0.1) is 0 Å². The summed E-state index contributed by atoms with van der Waals surface area (Å²) in [4.78, 5) is 12.0. The molecule has 0 fully saturated rings. The second-order valence-electron chi connectivity index (χ2n) is 6.46. The second-order valence-corrected chi connectivity index (χ2v) is 6.46. The third-order valence-corrected chi connectivity index (χ3v) is 4.37. The number of nitrogens with two attached hydrogens (primary N) is 2. The molecule has 29 heavy (non-hydrogen) atoms. The molecule has 1 heterocycles. The van der Waals surface area contributed by atoms with Gasteiger partial charge in [-0.2, -0.15) is 15.0 Å². The van der Waals surface area contributed by atoms with E-state index in [9.17, 15) is 4.39 Å². The maximum Gasteiger partial charge on any atom is 0.225 e. The highest BCUT2D eigenvalue weighted by atomic mass is 19.1. The first kappa shape index (κ1) is 18.3. The highest BCUT2D eigenvalue weighted by Gasteiger charge is 2.04. The Bertz CT molecular complexity index is 1150. The summed E-state index contributed by atoms with van der Waals surface area (Å²) >= 11 is 0. The van der Waals surface area contributed by atoms with Crippen LogP contribution in [0.4, 0.5) is 16.3 Å². The summed E-state index contributed by atoms with van der Waals surface area (Å²) in [6.45, 7) is 0. The zero-order chi connectivity index (χ0) is 20.2. The molecule has 0 bridgehead atoms. The molecule has 0 aliphatic rings. The normalized spacial score (nSPS) is 11.1. The van der Waals surface area contributed by atoms with Gasteiger partial charge >= 0.3 is 0 Å². The Balaban J connectivity index is 1.53. The minimum absolute atomic E-state index is 0.0949. The van der Waals surface area contributed by atoms with Crippen LogP contribution in [0.25, 0.3) is 34.7 Å². The van der Waals surface area contributed by atoms with Gasteiger partial charge in [0.25, 0.3) is 0 Å². The van der Waals surface area contributed by atoms with Crippen LogP contribution in [0.3, 0.4) is 0 Å². The first-order chi connectivity index (χ1) is 14.1. The van der Waals surface area contributed by atoms with Crippen LogP contribution in [0.5, 0.6) is 0 Å². The van der Waals surface area contributed by atoms with E-state index >= 15 is 0 Å². The van der Waals surface area contributed by atoms with E-state index < -0.39 is 0 Å². The predicted octanol–water partition coefficient (Wildman–Crippen LogP) is 4.68. The fourth-order valence-electron chi connectivity index (χ4n) is 2.94. The van der Waals surface area contributed by atoms with Gasteiger partial charge in [0, 0.05) is 5.56 Å². The van der Waals surface area contributed by atoms with Gasteiger partial charge < -0.3 is 11.5 Å². The lowest BCUT2D eigenvalue weighted by Gasteiger charge is -2.04. The number of hydrogen-bond acceptors (Lipinski definition) is 5. The third-order valence-electron chi connectivity index (χ3n) is 4.37. The summed E-state index contributed by atoms with van der Waals surface area (Å²) in [5, 5.41) is 0. The summed E-state index contributed by atoms with van der Waals surface area (Å²) in [7, 11) is 0. The van der Waals surface area contributed by atoms with Crippen molar-refractivity contribution < 1.29 is 4.39 Å². The van der Waals surface area contributed by atoms with Crippen molar-refractivity contribution in [2.45, 2.75) is 0 Å². The van der Waals surface area contributed by atoms with Crippen molar-refractivity contribution >= 4 is 24.0 Å². The highest BCUT2D eigenvalue weighted by molar-refractivity contribution is 5.74. The van der Waals surface area contributed by atoms with Crippen LogP contribution >= 0.6 is 0 Å². The van der Waals surface area contributed by atoms with Crippen LogP contribution in [0.2, 0.25) is 0 Å². The maximum atomic E-state index is 13.1. The van der Waals surface area contributed by atoms with Crippen molar-refractivity contribution in [1.82, 2.24) is 15.0 Å². The Hall–Kier alpha value is -4.06. The molecule has 4 rings (SSSR count). The van der Waals surface area contributed by atoms with Crippen molar-refractivity contribution in [3.8, 4) is 22.5 Å². The molecular formula is C23H18FN5. The van der Waals surface area contributed by atoms with Gasteiger partial charge in [-0.25, -0.2) is 4.39 Å². The molecule has 0 unspecified atom stereocenters. The lowest BCUT2D eigenvalue weighted by molar-refractivity contribution is 0.628. The van der Waals surface area contributed by atoms with Gasteiger partial charge in [0.2, 0.25) is 11.9 Å². The first-order valence-electron chi connectivity index (χ1n) is 8.98. The Morgan fingerprint density at radius 2 is 1.24 bits per heavy atom. The van der Waals surface area contributed by atoms with E-state index in [-0.39, 0.29) is 17.7 Å². The lowest BCUT2D eigenvalue weighted by Crippen LogP contribution is -2.04. The lowest BCUT2D eigenvalue weighted by atomic mass is 10.0. The molecule has 0 amide bonds. The number of benzene rings is 3. The zero-order valence-corrected chi connectivity index (χ0v) is 15.5. The van der Waals surface area contributed by atoms with Crippen LogP contribution in [-0.2, 0) is 0 Å². The number of rotatable bonds is 4. The largest absolute Gasteiger partial charge is 0.368 e. The van der Waals surface area contributed by atoms with Gasteiger partial charge in [-0.3, -0.25) is 0 Å². The minimum Gasteiger partial charge on any atom is -0.368 e. The van der Waals surface area contributed by atoms with E-state index in [4.69, 9.17) is 11.5 Å². The molecule has 5 nitrogen and oxygen atoms in total. The molecule has 0 spiro atoms. The van der Waals surface area contributed by atoms with E-state index in [1.165, 1.54) is 12.1 Å². The van der Waals surface area contributed by atoms with Gasteiger partial charge in [-0.05, 0) is 40.5 Å². The smallest absolute Gasteiger partial charge is 0.225 e. The molecule has 1 aromatic heterocycles. The molecule has 0 atom stereocenters. The minimum atomic E-state index is -0.240. The maximum absolute atomic E-state index is 13.1. The molecule has 0 aliphatic heterocycles. The summed E-state index contributed by atoms with van der Waals surface area (Å²) in [6.07, 6.45) is 4.05. The van der Waals surface area contributed by atoms with Crippen LogP contribution in [0.15, 0.2) is 72.8 Å². The standard InChI is InChI=1S/C23H18FN5/c24-20-12-10-17(11-13-20)19-3-1-2-16(14-19)5-4-15-6-8-18(9-7-15)21-27-22(25)29-23(26)28-21/h1-14H,(H4,25,26,27,28,29)/b5-4+. The van der Waals surface area contributed by atoms with E-state index in [0.29, 0.717) is 5.82 Å². The summed E-state index contributed by atoms with van der Waals surface area (Å²) in [6, 6.07) is 22.3. The third kappa shape index (κ3) is 4.44. The van der Waals surface area contributed by atoms with Gasteiger partial charge in [0.15, 0.2) is 5.82 Å². The number of halogens is 1. The van der Waals surface area contributed by atoms with Gasteiger partial charge in [0.05, 0.1) is 0 Å². The Morgan fingerprint density at radius 1 is 0.621 bits per heavy atom. The Kier molecular flexibility index (Phi) is 4.99. The van der Waals surface area contributed by atoms with Crippen molar-refractivity contribution in [2.75, 3.05) is 11.5 Å². The fraction of sp³-hybridized carbons (Fsp3) is 0. The van der Waals surface area contributed by atoms with Crippen LogP contribution in [0.1, 0.15) is 11.1 Å². The molecule has 142 valence electrons. The average Bonchev–Trinajstić information content (AvgIpc) is 2.73. The number of nitrogens with zero attached hydrogens (tertiary/aromatic N) is 3. The number of hydrogen-bond donors (Lipinski definition) is 2. The molecule has 4 aromatic rings. The topological polar surface area (TPSA) is 90.7 Å². The van der Waals surface area contributed by atoms with Gasteiger partial charge in [0.1, 0.15) is 5.82 Å². The van der Waals surface area contributed by atoms with Gasteiger partial charge in [-0.1, -0.05) is 66.7 Å². The summed E-state index contributed by atoms with van der Waals surface area (Å²) < 4.78 is 13.1. The van der Waals surface area contributed by atoms with Crippen molar-refractivity contribution in [2.24, 2.45) is 0 Å².